The van der Waals surface area contributed by atoms with Crippen LogP contribution in [0.4, 0.5) is 4.20 Å². The van der Waals surface area contributed by atoms with Crippen molar-refractivity contribution in [2.45, 2.75) is 46.1 Å². The van der Waals surface area contributed by atoms with Crippen molar-refractivity contribution in [1.82, 2.24) is 0 Å². The molecule has 1 rings (SSSR count). The van der Waals surface area contributed by atoms with Crippen molar-refractivity contribution < 1.29 is 13.6 Å². The van der Waals surface area contributed by atoms with Crippen LogP contribution in [0.2, 0.25) is 0 Å². The molecular weight excluding hydrogens is 234 g/mol. The molecule has 1 aliphatic rings. The maximum Gasteiger partial charge on any atom is 0.174 e. The Balaban J connectivity index is 2.62. The first kappa shape index (κ1) is 13.7. The molecule has 0 N–H and O–H groups in total. The average Bonchev–Trinajstić information content (AvgIpc) is 1.99. The molecule has 0 amide bonds. The van der Waals surface area contributed by atoms with E-state index in [1.165, 1.54) is 0 Å². The molecule has 1 fully saturated rings. The summed E-state index contributed by atoms with van der Waals surface area (Å²) in [5.41, 5.74) is 0. The zero-order chi connectivity index (χ0) is 11.6. The molecule has 0 aromatic rings. The molecule has 90 valence electrons. The molecule has 5 heteroatoms. The summed E-state index contributed by atoms with van der Waals surface area (Å²) in [7, 11) is -4.25. The lowest BCUT2D eigenvalue weighted by Gasteiger charge is -2.39. The van der Waals surface area contributed by atoms with Crippen molar-refractivity contribution in [1.29, 1.82) is 0 Å². The third-order valence-electron chi connectivity index (χ3n) is 3.22. The molecule has 0 radical (unpaired) electrons. The fourth-order valence-electron chi connectivity index (χ4n) is 2.40. The molecule has 0 aromatic heterocycles. The Morgan fingerprint density at radius 1 is 1.47 bits per heavy atom. The van der Waals surface area contributed by atoms with Crippen molar-refractivity contribution in [2.24, 2.45) is 17.8 Å². The third-order valence-corrected chi connectivity index (χ3v) is 4.00. The number of hydrogen-bond acceptors (Lipinski definition) is 3. The highest BCUT2D eigenvalue weighted by Crippen LogP contribution is 2.54. The molecule has 4 atom stereocenters. The molecule has 0 spiro atoms. The minimum atomic E-state index is -4.25. The van der Waals surface area contributed by atoms with Crippen LogP contribution in [-0.4, -0.2) is 6.10 Å². The molecule has 2 nitrogen and oxygen atoms in total. The summed E-state index contributed by atoms with van der Waals surface area (Å²) in [5, 5.41) is 0. The molecule has 0 bridgehead atoms. The minimum absolute atomic E-state index is 0.262. The van der Waals surface area contributed by atoms with Gasteiger partial charge in [-0.3, -0.25) is 0 Å². The lowest BCUT2D eigenvalue weighted by Crippen LogP contribution is -2.34. The molecule has 4 unspecified atom stereocenters. The van der Waals surface area contributed by atoms with Gasteiger partial charge < -0.3 is 17.1 Å². The molecule has 0 aromatic carbocycles. The Morgan fingerprint density at radius 2 is 2.07 bits per heavy atom. The molecular formula is C10H19FO2PS-. The predicted octanol–water partition coefficient (Wildman–Crippen LogP) is 3.02. The van der Waals surface area contributed by atoms with Gasteiger partial charge in [0.1, 0.15) is 6.10 Å². The van der Waals surface area contributed by atoms with Crippen LogP contribution < -0.4 is 4.89 Å². The van der Waals surface area contributed by atoms with Crippen molar-refractivity contribution in [3.05, 3.63) is 0 Å². The van der Waals surface area contributed by atoms with Gasteiger partial charge in [0.25, 0.3) is 0 Å². The maximum atomic E-state index is 12.9. The monoisotopic (exact) mass is 253 g/mol. The first-order chi connectivity index (χ1) is 6.79. The molecule has 0 heterocycles. The average molecular weight is 253 g/mol. The Labute approximate surface area is 97.4 Å². The summed E-state index contributed by atoms with van der Waals surface area (Å²) < 4.78 is 17.8. The fraction of sp³-hybridized carbons (Fsp3) is 1.00. The zero-order valence-corrected chi connectivity index (χ0v) is 11.2. The quantitative estimate of drug-likeness (QED) is 0.572. The van der Waals surface area contributed by atoms with Crippen LogP contribution in [-0.2, 0) is 16.8 Å². The van der Waals surface area contributed by atoms with Gasteiger partial charge in [-0.15, -0.1) is 0 Å². The van der Waals surface area contributed by atoms with E-state index < -0.39 is 7.23 Å². The number of halogens is 1. The van der Waals surface area contributed by atoms with E-state index in [0.29, 0.717) is 11.8 Å². The third kappa shape index (κ3) is 4.56. The van der Waals surface area contributed by atoms with Gasteiger partial charge in [-0.1, -0.05) is 31.4 Å². The minimum Gasteiger partial charge on any atom is -0.644 e. The summed E-state index contributed by atoms with van der Waals surface area (Å²) in [6.45, 7) is 6.28. The molecule has 0 saturated heterocycles. The zero-order valence-electron chi connectivity index (χ0n) is 9.48. The van der Waals surface area contributed by atoms with E-state index >= 15 is 0 Å². The number of hydrogen-bond donors (Lipinski definition) is 0. The van der Waals surface area contributed by atoms with Crippen molar-refractivity contribution in [2.75, 3.05) is 0 Å². The Bertz CT molecular complexity index is 208. The molecule has 1 aliphatic carbocycles. The van der Waals surface area contributed by atoms with Crippen LogP contribution in [0.15, 0.2) is 0 Å². The van der Waals surface area contributed by atoms with Gasteiger partial charge in [0.2, 0.25) is 0 Å². The van der Waals surface area contributed by atoms with Crippen LogP contribution in [0.3, 0.4) is 0 Å². The highest BCUT2D eigenvalue weighted by molar-refractivity contribution is 8.34. The first-order valence-corrected chi connectivity index (χ1v) is 8.01. The van der Waals surface area contributed by atoms with Gasteiger partial charge in [0.15, 0.2) is 7.23 Å². The smallest absolute Gasteiger partial charge is 0.174 e. The van der Waals surface area contributed by atoms with E-state index in [4.69, 9.17) is 4.52 Å². The first-order valence-electron chi connectivity index (χ1n) is 5.48. The van der Waals surface area contributed by atoms with E-state index in [1.807, 2.05) is 0 Å². The molecule has 15 heavy (non-hydrogen) atoms. The molecule has 0 aliphatic heterocycles. The van der Waals surface area contributed by atoms with Gasteiger partial charge in [-0.2, -0.15) is 0 Å². The second-order valence-electron chi connectivity index (χ2n) is 4.90. The SMILES string of the molecule is CC1CCC(C(C)C)C(O[P+]([O-])(F)[S-])C1. The van der Waals surface area contributed by atoms with Crippen LogP contribution in [0, 0.1) is 17.8 Å². The predicted molar refractivity (Wildman–Crippen MR) is 61.6 cm³/mol. The van der Waals surface area contributed by atoms with Crippen molar-refractivity contribution in [3.8, 4) is 0 Å². The normalized spacial score (nSPS) is 36.6. The largest absolute Gasteiger partial charge is 0.644 e. The van der Waals surface area contributed by atoms with Crippen LogP contribution in [0.1, 0.15) is 40.0 Å². The van der Waals surface area contributed by atoms with Crippen LogP contribution in [0.5, 0.6) is 0 Å². The summed E-state index contributed by atoms with van der Waals surface area (Å²) in [6, 6.07) is 0. The lowest BCUT2D eigenvalue weighted by molar-refractivity contribution is -0.204. The van der Waals surface area contributed by atoms with E-state index in [9.17, 15) is 9.09 Å². The van der Waals surface area contributed by atoms with Crippen LogP contribution >= 0.6 is 7.23 Å². The van der Waals surface area contributed by atoms with Gasteiger partial charge in [0, 0.05) is 0 Å². The maximum absolute atomic E-state index is 12.9. The van der Waals surface area contributed by atoms with Crippen molar-refractivity contribution >= 4 is 19.5 Å². The fourth-order valence-corrected chi connectivity index (χ4v) is 3.30. The topological polar surface area (TPSA) is 32.3 Å². The standard InChI is InChI=1S/C10H20FO2PS/c1-7(2)9-5-4-8(3)6-10(9)13-14(11,12)15/h7-10H,4-6H2,1-3H3,(H,12,15)/p-1. The summed E-state index contributed by atoms with van der Waals surface area (Å²) in [6.07, 6.45) is 2.66. The Hall–Kier alpha value is 0.630. The van der Waals surface area contributed by atoms with Gasteiger partial charge in [0.05, 0.1) is 0 Å². The van der Waals surface area contributed by atoms with E-state index in [2.05, 4.69) is 33.0 Å². The number of rotatable bonds is 3. The second-order valence-corrected chi connectivity index (χ2v) is 7.28. The van der Waals surface area contributed by atoms with E-state index in [0.717, 1.165) is 19.3 Å². The summed E-state index contributed by atoms with van der Waals surface area (Å²) >= 11 is 4.21. The van der Waals surface area contributed by atoms with Crippen molar-refractivity contribution in [3.63, 3.8) is 0 Å². The van der Waals surface area contributed by atoms with Gasteiger partial charge in [-0.05, 0) is 30.6 Å². The van der Waals surface area contributed by atoms with Gasteiger partial charge >= 0.3 is 0 Å². The lowest BCUT2D eigenvalue weighted by atomic mass is 9.75. The Kier molecular flexibility index (Phi) is 4.85. The highest BCUT2D eigenvalue weighted by Gasteiger charge is 2.35. The summed E-state index contributed by atoms with van der Waals surface area (Å²) in [4.78, 5) is 10.9. The second kappa shape index (κ2) is 5.31. The Morgan fingerprint density at radius 3 is 2.53 bits per heavy atom. The van der Waals surface area contributed by atoms with Gasteiger partial charge in [-0.25, -0.2) is 4.52 Å². The molecule has 1 saturated carbocycles. The summed E-state index contributed by atoms with van der Waals surface area (Å²) in [5.74, 6) is 1.21. The van der Waals surface area contributed by atoms with E-state index in [-0.39, 0.29) is 12.0 Å². The highest BCUT2D eigenvalue weighted by atomic mass is 32.7. The van der Waals surface area contributed by atoms with E-state index in [1.54, 1.807) is 0 Å². The van der Waals surface area contributed by atoms with Crippen LogP contribution in [0.25, 0.3) is 0 Å².